The van der Waals surface area contributed by atoms with Crippen molar-refractivity contribution in [2.24, 2.45) is 0 Å². The van der Waals surface area contributed by atoms with Gasteiger partial charge in [0.1, 0.15) is 0 Å². The lowest BCUT2D eigenvalue weighted by atomic mass is 10.0. The molecule has 3 aliphatic heterocycles. The summed E-state index contributed by atoms with van der Waals surface area (Å²) in [5.41, 5.74) is 5.83. The maximum atomic E-state index is 13.2. The zero-order valence-electron chi connectivity index (χ0n) is 17.1. The van der Waals surface area contributed by atoms with Gasteiger partial charge in [-0.05, 0) is 62.7 Å². The van der Waals surface area contributed by atoms with E-state index in [0.29, 0.717) is 5.57 Å². The van der Waals surface area contributed by atoms with Crippen LogP contribution in [0.15, 0.2) is 22.7 Å². The Hall–Kier alpha value is -2.38. The lowest BCUT2D eigenvalue weighted by Crippen LogP contribution is -2.42. The third-order valence-corrected chi connectivity index (χ3v) is 6.93. The SMILES string of the molecule is Cc1c(C=C2C(=O)Nc3ccc(Br)cc32)[nH]c2c1C(=O)N(CCN1CCCC1)CC2. The fourth-order valence-electron chi connectivity index (χ4n) is 4.74. The molecule has 1 aromatic heterocycles. The van der Waals surface area contributed by atoms with Crippen LogP contribution in [-0.4, -0.2) is 59.3 Å². The van der Waals surface area contributed by atoms with E-state index in [4.69, 9.17) is 0 Å². The van der Waals surface area contributed by atoms with Crippen molar-refractivity contribution in [2.45, 2.75) is 26.2 Å². The molecule has 6 nitrogen and oxygen atoms in total. The van der Waals surface area contributed by atoms with Gasteiger partial charge in [-0.1, -0.05) is 15.9 Å². The first-order valence-corrected chi connectivity index (χ1v) is 11.4. The van der Waals surface area contributed by atoms with Crippen molar-refractivity contribution < 1.29 is 9.59 Å². The van der Waals surface area contributed by atoms with Crippen LogP contribution in [0.5, 0.6) is 0 Å². The number of amides is 2. The summed E-state index contributed by atoms with van der Waals surface area (Å²) < 4.78 is 0.926. The fraction of sp³-hybridized carbons (Fsp3) is 0.391. The average molecular weight is 469 g/mol. The number of nitrogens with zero attached hydrogens (tertiary/aromatic N) is 2. The van der Waals surface area contributed by atoms with Crippen LogP contribution in [0, 0.1) is 6.92 Å². The van der Waals surface area contributed by atoms with Gasteiger partial charge in [0.25, 0.3) is 11.8 Å². The van der Waals surface area contributed by atoms with E-state index in [9.17, 15) is 9.59 Å². The Balaban J connectivity index is 1.42. The molecule has 156 valence electrons. The van der Waals surface area contributed by atoms with Gasteiger partial charge in [-0.2, -0.15) is 0 Å². The standard InChI is InChI=1S/C23H25BrN4O2/c1-14-20(13-17-16-12-15(24)4-5-18(16)26-22(17)29)25-19-6-9-28(23(30)21(14)19)11-10-27-7-2-3-8-27/h4-5,12-13,25H,2-3,6-11H2,1H3,(H,26,29). The van der Waals surface area contributed by atoms with Crippen molar-refractivity contribution in [3.05, 3.63) is 50.8 Å². The van der Waals surface area contributed by atoms with Gasteiger partial charge in [-0.15, -0.1) is 0 Å². The lowest BCUT2D eigenvalue weighted by molar-refractivity contribution is -0.110. The summed E-state index contributed by atoms with van der Waals surface area (Å²) in [6, 6.07) is 5.76. The molecule has 3 aliphatic rings. The second kappa shape index (κ2) is 7.71. The van der Waals surface area contributed by atoms with Gasteiger partial charge in [0.2, 0.25) is 0 Å². The van der Waals surface area contributed by atoms with Crippen molar-refractivity contribution >= 4 is 45.1 Å². The van der Waals surface area contributed by atoms with E-state index in [1.807, 2.05) is 36.1 Å². The summed E-state index contributed by atoms with van der Waals surface area (Å²) in [5, 5.41) is 2.91. The van der Waals surface area contributed by atoms with Gasteiger partial charge >= 0.3 is 0 Å². The first-order valence-electron chi connectivity index (χ1n) is 10.6. The molecular formula is C23H25BrN4O2. The maximum Gasteiger partial charge on any atom is 0.256 e. The molecule has 0 saturated carbocycles. The lowest BCUT2D eigenvalue weighted by Gasteiger charge is -2.29. The number of nitrogens with one attached hydrogen (secondary N) is 2. The smallest absolute Gasteiger partial charge is 0.256 e. The number of rotatable bonds is 4. The molecule has 0 unspecified atom stereocenters. The zero-order chi connectivity index (χ0) is 20.8. The Morgan fingerprint density at radius 1 is 1.13 bits per heavy atom. The highest BCUT2D eigenvalue weighted by molar-refractivity contribution is 9.10. The molecule has 2 N–H and O–H groups in total. The Labute approximate surface area is 184 Å². The molecule has 1 fully saturated rings. The van der Waals surface area contributed by atoms with E-state index >= 15 is 0 Å². The highest BCUT2D eigenvalue weighted by Gasteiger charge is 2.30. The number of hydrogen-bond acceptors (Lipinski definition) is 3. The van der Waals surface area contributed by atoms with Gasteiger partial charge in [-0.3, -0.25) is 9.59 Å². The van der Waals surface area contributed by atoms with E-state index in [1.165, 1.54) is 12.8 Å². The summed E-state index contributed by atoms with van der Waals surface area (Å²) in [7, 11) is 0. The molecule has 0 bridgehead atoms. The minimum atomic E-state index is -0.117. The van der Waals surface area contributed by atoms with Crippen LogP contribution in [-0.2, 0) is 11.2 Å². The summed E-state index contributed by atoms with van der Waals surface area (Å²) >= 11 is 3.48. The molecule has 4 heterocycles. The third-order valence-electron chi connectivity index (χ3n) is 6.44. The Morgan fingerprint density at radius 3 is 2.73 bits per heavy atom. The maximum absolute atomic E-state index is 13.2. The first kappa shape index (κ1) is 19.6. The minimum Gasteiger partial charge on any atom is -0.358 e. The van der Waals surface area contributed by atoms with Crippen molar-refractivity contribution in [3.8, 4) is 0 Å². The summed E-state index contributed by atoms with van der Waals surface area (Å²) in [6.07, 6.45) is 5.23. The molecule has 7 heteroatoms. The zero-order valence-corrected chi connectivity index (χ0v) is 18.6. The minimum absolute atomic E-state index is 0.105. The molecule has 30 heavy (non-hydrogen) atoms. The number of fused-ring (bicyclic) bond motifs is 2. The molecule has 1 aromatic carbocycles. The second-order valence-electron chi connectivity index (χ2n) is 8.31. The van der Waals surface area contributed by atoms with Crippen LogP contribution >= 0.6 is 15.9 Å². The molecule has 0 radical (unpaired) electrons. The fourth-order valence-corrected chi connectivity index (χ4v) is 5.10. The van der Waals surface area contributed by atoms with E-state index in [1.54, 1.807) is 0 Å². The van der Waals surface area contributed by atoms with Crippen LogP contribution < -0.4 is 5.32 Å². The number of aromatic nitrogens is 1. The Bertz CT molecular complexity index is 1070. The monoisotopic (exact) mass is 468 g/mol. The van der Waals surface area contributed by atoms with Crippen LogP contribution in [0.2, 0.25) is 0 Å². The second-order valence-corrected chi connectivity index (χ2v) is 9.23. The largest absolute Gasteiger partial charge is 0.358 e. The highest BCUT2D eigenvalue weighted by Crippen LogP contribution is 2.36. The number of benzene rings is 1. The van der Waals surface area contributed by atoms with E-state index in [0.717, 1.165) is 77.4 Å². The molecule has 1 saturated heterocycles. The molecule has 2 amide bonds. The molecule has 0 aliphatic carbocycles. The average Bonchev–Trinajstić information content (AvgIpc) is 3.42. The Kier molecular flexibility index (Phi) is 5.03. The molecular weight excluding hydrogens is 444 g/mol. The quantitative estimate of drug-likeness (QED) is 0.672. The number of H-pyrrole nitrogens is 1. The van der Waals surface area contributed by atoms with Gasteiger partial charge in [0, 0.05) is 53.2 Å². The molecule has 2 aromatic rings. The van der Waals surface area contributed by atoms with Crippen LogP contribution in [0.1, 0.15) is 45.7 Å². The molecule has 0 atom stereocenters. The molecule has 0 spiro atoms. The van der Waals surface area contributed by atoms with Crippen molar-refractivity contribution in [1.29, 1.82) is 0 Å². The summed E-state index contributed by atoms with van der Waals surface area (Å²) in [4.78, 5) is 33.6. The van der Waals surface area contributed by atoms with Crippen LogP contribution in [0.3, 0.4) is 0 Å². The molecule has 5 rings (SSSR count). The van der Waals surface area contributed by atoms with Crippen molar-refractivity contribution in [3.63, 3.8) is 0 Å². The number of likely N-dealkylation sites (tertiary alicyclic amines) is 1. The van der Waals surface area contributed by atoms with Crippen LogP contribution in [0.4, 0.5) is 5.69 Å². The summed E-state index contributed by atoms with van der Waals surface area (Å²) in [6.45, 7) is 6.74. The topological polar surface area (TPSA) is 68.4 Å². The van der Waals surface area contributed by atoms with Gasteiger partial charge < -0.3 is 20.1 Å². The van der Waals surface area contributed by atoms with Gasteiger partial charge in [0.15, 0.2) is 0 Å². The van der Waals surface area contributed by atoms with Gasteiger partial charge in [-0.25, -0.2) is 0 Å². The van der Waals surface area contributed by atoms with Crippen LogP contribution in [0.25, 0.3) is 11.6 Å². The predicted octanol–water partition coefficient (Wildman–Crippen LogP) is 3.67. The van der Waals surface area contributed by atoms with E-state index < -0.39 is 0 Å². The number of carbonyl (C=O) groups is 2. The summed E-state index contributed by atoms with van der Waals surface area (Å²) in [5.74, 6) is -0.0125. The number of halogens is 1. The number of aromatic amines is 1. The Morgan fingerprint density at radius 2 is 1.93 bits per heavy atom. The van der Waals surface area contributed by atoms with E-state index in [-0.39, 0.29) is 11.8 Å². The number of anilines is 1. The third kappa shape index (κ3) is 3.40. The van der Waals surface area contributed by atoms with Crippen molar-refractivity contribution in [1.82, 2.24) is 14.8 Å². The normalized spacial score (nSPS) is 20.1. The van der Waals surface area contributed by atoms with E-state index in [2.05, 4.69) is 31.1 Å². The number of hydrogen-bond donors (Lipinski definition) is 2. The van der Waals surface area contributed by atoms with Gasteiger partial charge in [0.05, 0.1) is 11.1 Å². The predicted molar refractivity (Wildman–Crippen MR) is 121 cm³/mol. The van der Waals surface area contributed by atoms with Crippen molar-refractivity contribution in [2.75, 3.05) is 38.0 Å². The number of carbonyl (C=O) groups excluding carboxylic acids is 2. The highest BCUT2D eigenvalue weighted by atomic mass is 79.9. The first-order chi connectivity index (χ1) is 14.5.